The van der Waals surface area contributed by atoms with Crippen LogP contribution in [0.3, 0.4) is 0 Å². The van der Waals surface area contributed by atoms with E-state index in [1.165, 1.54) is 31.4 Å². The van der Waals surface area contributed by atoms with Crippen LogP contribution in [0, 0.1) is 21.4 Å². The number of aliphatic imine (C=N–C) groups is 1. The minimum atomic E-state index is -0.984. The van der Waals surface area contributed by atoms with Gasteiger partial charge in [-0.1, -0.05) is 19.9 Å². The second kappa shape index (κ2) is 6.84. The highest BCUT2D eigenvalue weighted by Crippen LogP contribution is 2.41. The molecule has 0 fully saturated rings. The van der Waals surface area contributed by atoms with Crippen molar-refractivity contribution in [3.63, 3.8) is 0 Å². The summed E-state index contributed by atoms with van der Waals surface area (Å²) in [5, 5.41) is 21.2. The van der Waals surface area contributed by atoms with E-state index in [1.54, 1.807) is 13.8 Å². The number of Topliss-reactive ketones (excluding diaryl/α,β-unsaturated/α-hetero) is 1. The third kappa shape index (κ3) is 3.73. The van der Waals surface area contributed by atoms with E-state index >= 15 is 0 Å². The third-order valence-corrected chi connectivity index (χ3v) is 4.07. The molecule has 8 nitrogen and oxygen atoms in total. The molecule has 0 radical (unpaired) electrons. The zero-order valence-electron chi connectivity index (χ0n) is 14.1. The third-order valence-electron chi connectivity index (χ3n) is 4.07. The Bertz CT molecular complexity index is 794. The van der Waals surface area contributed by atoms with Crippen molar-refractivity contribution in [3.05, 3.63) is 45.7 Å². The molecule has 0 amide bonds. The fraction of sp³-hybridized carbons (Fsp3) is 0.353. The van der Waals surface area contributed by atoms with Gasteiger partial charge in [0.05, 0.1) is 23.3 Å². The molecular formula is C17H18N2O6. The van der Waals surface area contributed by atoms with Gasteiger partial charge in [0.15, 0.2) is 5.78 Å². The zero-order chi connectivity index (χ0) is 18.8. The molecule has 0 saturated heterocycles. The summed E-state index contributed by atoms with van der Waals surface area (Å²) in [6, 6.07) is 5.54. The van der Waals surface area contributed by atoms with E-state index in [9.17, 15) is 24.8 Å². The lowest BCUT2D eigenvalue weighted by Gasteiger charge is -2.35. The number of hydrogen-bond acceptors (Lipinski definition) is 7. The second-order valence-corrected chi connectivity index (χ2v) is 6.38. The van der Waals surface area contributed by atoms with Gasteiger partial charge in [0.1, 0.15) is 11.7 Å². The molecule has 0 saturated carbocycles. The quantitative estimate of drug-likeness (QED) is 0.387. The first kappa shape index (κ1) is 18.3. The van der Waals surface area contributed by atoms with Crippen molar-refractivity contribution in [2.45, 2.75) is 20.3 Å². The molecule has 0 aromatic heterocycles. The molecule has 1 N–H and O–H groups in total. The molecule has 2 rings (SSSR count). The van der Waals surface area contributed by atoms with Crippen LogP contribution < -0.4 is 0 Å². The van der Waals surface area contributed by atoms with E-state index in [4.69, 9.17) is 4.74 Å². The first-order valence-electron chi connectivity index (χ1n) is 7.50. The smallest absolute Gasteiger partial charge is 0.316 e. The summed E-state index contributed by atoms with van der Waals surface area (Å²) in [5.74, 6) is -2.39. The predicted octanol–water partition coefficient (Wildman–Crippen LogP) is 2.90. The number of esters is 1. The number of ether oxygens (including phenoxy) is 1. The molecule has 0 unspecified atom stereocenters. The van der Waals surface area contributed by atoms with Crippen LogP contribution in [0.15, 0.2) is 40.6 Å². The molecule has 8 heteroatoms. The van der Waals surface area contributed by atoms with E-state index in [0.717, 1.165) is 6.21 Å². The second-order valence-electron chi connectivity index (χ2n) is 6.38. The summed E-state index contributed by atoms with van der Waals surface area (Å²) in [6.07, 6.45) is 1.16. The van der Waals surface area contributed by atoms with Gasteiger partial charge >= 0.3 is 5.97 Å². The Hall–Kier alpha value is -3.03. The largest absolute Gasteiger partial charge is 0.511 e. The predicted molar refractivity (Wildman–Crippen MR) is 89.8 cm³/mol. The fourth-order valence-electron chi connectivity index (χ4n) is 2.79. The molecule has 0 heterocycles. The number of non-ortho nitro benzene ring substituents is 1. The number of hydrogen-bond donors (Lipinski definition) is 1. The Morgan fingerprint density at radius 2 is 2.16 bits per heavy atom. The highest BCUT2D eigenvalue weighted by molar-refractivity contribution is 6.15. The molecule has 0 aliphatic heterocycles. The van der Waals surface area contributed by atoms with Crippen molar-refractivity contribution in [1.29, 1.82) is 0 Å². The van der Waals surface area contributed by atoms with E-state index in [2.05, 4.69) is 4.99 Å². The number of aliphatic hydroxyl groups excluding tert-OH is 1. The van der Waals surface area contributed by atoms with Crippen LogP contribution in [0.2, 0.25) is 0 Å². The average Bonchev–Trinajstić information content (AvgIpc) is 2.53. The lowest BCUT2D eigenvalue weighted by Crippen LogP contribution is -2.40. The van der Waals surface area contributed by atoms with Gasteiger partial charge in [-0.25, -0.2) is 0 Å². The van der Waals surface area contributed by atoms with Crippen LogP contribution in [0.25, 0.3) is 0 Å². The molecule has 1 aromatic rings. The Morgan fingerprint density at radius 1 is 1.48 bits per heavy atom. The number of nitro benzene ring substituents is 1. The SMILES string of the molecule is COC(=O)[C@@H]1C(O)=C(C=Nc2cccc([N+](=O)[O-])c2)C(=O)CC1(C)C. The maximum absolute atomic E-state index is 12.3. The van der Waals surface area contributed by atoms with Crippen LogP contribution >= 0.6 is 0 Å². The maximum Gasteiger partial charge on any atom is 0.316 e. The Morgan fingerprint density at radius 3 is 2.76 bits per heavy atom. The first-order chi connectivity index (χ1) is 11.7. The monoisotopic (exact) mass is 346 g/mol. The average molecular weight is 346 g/mol. The summed E-state index contributed by atoms with van der Waals surface area (Å²) in [4.78, 5) is 38.5. The minimum Gasteiger partial charge on any atom is -0.511 e. The van der Waals surface area contributed by atoms with Crippen molar-refractivity contribution in [3.8, 4) is 0 Å². The van der Waals surface area contributed by atoms with Gasteiger partial charge < -0.3 is 9.84 Å². The standard InChI is InChI=1S/C17H18N2O6/c1-17(2)8-13(20)12(15(21)14(17)16(22)25-3)9-18-10-5-4-6-11(7-10)19(23)24/h4-7,9,14,21H,8H2,1-3H3/t14-/m0/s1. The Kier molecular flexibility index (Phi) is 5.01. The topological polar surface area (TPSA) is 119 Å². The van der Waals surface area contributed by atoms with E-state index < -0.39 is 28.0 Å². The Balaban J connectivity index is 2.42. The van der Waals surface area contributed by atoms with Gasteiger partial charge in [0, 0.05) is 24.8 Å². The van der Waals surface area contributed by atoms with Gasteiger partial charge in [-0.2, -0.15) is 0 Å². The highest BCUT2D eigenvalue weighted by atomic mass is 16.6. The number of carbonyl (C=O) groups is 2. The molecular weight excluding hydrogens is 328 g/mol. The van der Waals surface area contributed by atoms with Crippen LogP contribution in [0.4, 0.5) is 11.4 Å². The van der Waals surface area contributed by atoms with Crippen LogP contribution in [-0.4, -0.2) is 35.1 Å². The molecule has 0 bridgehead atoms. The van der Waals surface area contributed by atoms with Crippen molar-refractivity contribution < 1.29 is 24.4 Å². The number of methoxy groups -OCH3 is 1. The fourth-order valence-corrected chi connectivity index (χ4v) is 2.79. The van der Waals surface area contributed by atoms with Crippen LogP contribution in [0.1, 0.15) is 20.3 Å². The number of benzene rings is 1. The number of aliphatic hydroxyl groups is 1. The number of allylic oxidation sites excluding steroid dienone is 1. The number of rotatable bonds is 4. The molecule has 25 heavy (non-hydrogen) atoms. The molecule has 0 spiro atoms. The summed E-state index contributed by atoms with van der Waals surface area (Å²) >= 11 is 0. The minimum absolute atomic E-state index is 0.0348. The molecule has 1 aliphatic carbocycles. The summed E-state index contributed by atoms with van der Waals surface area (Å²) in [5.41, 5.74) is -0.781. The van der Waals surface area contributed by atoms with E-state index in [-0.39, 0.29) is 29.2 Å². The van der Waals surface area contributed by atoms with Gasteiger partial charge in [-0.05, 0) is 11.5 Å². The van der Waals surface area contributed by atoms with Crippen molar-refractivity contribution in [1.82, 2.24) is 0 Å². The molecule has 1 atom stereocenters. The van der Waals surface area contributed by atoms with Crippen LogP contribution in [-0.2, 0) is 14.3 Å². The summed E-state index contributed by atoms with van der Waals surface area (Å²) in [6.45, 7) is 3.38. The van der Waals surface area contributed by atoms with Gasteiger partial charge in [-0.3, -0.25) is 24.7 Å². The number of nitro groups is 1. The summed E-state index contributed by atoms with van der Waals surface area (Å²) < 4.78 is 4.72. The molecule has 1 aromatic carbocycles. The zero-order valence-corrected chi connectivity index (χ0v) is 14.1. The normalized spacial score (nSPS) is 20.0. The van der Waals surface area contributed by atoms with Gasteiger partial charge in [0.25, 0.3) is 5.69 Å². The first-order valence-corrected chi connectivity index (χ1v) is 7.50. The van der Waals surface area contributed by atoms with Crippen LogP contribution in [0.5, 0.6) is 0 Å². The number of nitrogens with zero attached hydrogens (tertiary/aromatic N) is 2. The van der Waals surface area contributed by atoms with Gasteiger partial charge in [0.2, 0.25) is 0 Å². The highest BCUT2D eigenvalue weighted by Gasteiger charge is 2.46. The maximum atomic E-state index is 12.3. The van der Waals surface area contributed by atoms with Crippen molar-refractivity contribution >= 4 is 29.3 Å². The molecule has 132 valence electrons. The molecule has 1 aliphatic rings. The van der Waals surface area contributed by atoms with E-state index in [1.807, 2.05) is 0 Å². The Labute approximate surface area is 144 Å². The van der Waals surface area contributed by atoms with Crippen molar-refractivity contribution in [2.75, 3.05) is 7.11 Å². The van der Waals surface area contributed by atoms with Gasteiger partial charge in [-0.15, -0.1) is 0 Å². The summed E-state index contributed by atoms with van der Waals surface area (Å²) in [7, 11) is 1.21. The number of ketones is 1. The lowest BCUT2D eigenvalue weighted by atomic mass is 9.68. The lowest BCUT2D eigenvalue weighted by molar-refractivity contribution is -0.384. The van der Waals surface area contributed by atoms with E-state index in [0.29, 0.717) is 0 Å². The van der Waals surface area contributed by atoms with Crippen molar-refractivity contribution in [2.24, 2.45) is 16.3 Å². The number of carbonyl (C=O) groups excluding carboxylic acids is 2.